The molecule has 8 heavy (non-hydrogen) atoms. The summed E-state index contributed by atoms with van der Waals surface area (Å²) in [5.74, 6) is -0.937. The number of carboxylic acids is 1. The highest BCUT2D eigenvalue weighted by Crippen LogP contribution is 1.97. The Labute approximate surface area is 56.4 Å². The fourth-order valence-corrected chi connectivity index (χ4v) is 0.495. The molecular formula is C3H5NO2S2. The number of hydrogen-bond acceptors (Lipinski definition) is 4. The average molecular weight is 151 g/mol. The molecule has 0 atom stereocenters. The van der Waals surface area contributed by atoms with Crippen LogP contribution in [0.3, 0.4) is 0 Å². The molecule has 0 saturated heterocycles. The molecule has 0 aromatic carbocycles. The van der Waals surface area contributed by atoms with Gasteiger partial charge < -0.3 is 5.11 Å². The minimum absolute atomic E-state index is 0.128. The van der Waals surface area contributed by atoms with Gasteiger partial charge in [-0.1, -0.05) is 12.2 Å². The third kappa shape index (κ3) is 4.04. The van der Waals surface area contributed by atoms with Gasteiger partial charge in [0.05, 0.1) is 10.6 Å². The Hall–Kier alpha value is -0.130. The summed E-state index contributed by atoms with van der Waals surface area (Å²) in [4.78, 5) is 9.81. The quantitative estimate of drug-likeness (QED) is 0.441. The van der Waals surface area contributed by atoms with E-state index >= 15 is 0 Å². The van der Waals surface area contributed by atoms with Gasteiger partial charge >= 0.3 is 5.97 Å². The molecule has 0 unspecified atom stereocenters. The van der Waals surface area contributed by atoms with Crippen molar-refractivity contribution in [3.8, 4) is 0 Å². The van der Waals surface area contributed by atoms with E-state index in [2.05, 4.69) is 12.2 Å². The van der Waals surface area contributed by atoms with Crippen molar-refractivity contribution in [3.63, 3.8) is 0 Å². The standard InChI is InChI=1S/C3H5NO2S2/c4-8-3(7)1-2(5)6/h1,4H2,(H,5,6). The van der Waals surface area contributed by atoms with Crippen LogP contribution in [0.4, 0.5) is 0 Å². The molecular weight excluding hydrogens is 146 g/mol. The fourth-order valence-electron chi connectivity index (χ4n) is 0.165. The molecule has 46 valence electrons. The molecule has 0 saturated carbocycles. The van der Waals surface area contributed by atoms with Crippen LogP contribution in [0.15, 0.2) is 0 Å². The summed E-state index contributed by atoms with van der Waals surface area (Å²) in [6.07, 6.45) is -0.128. The molecule has 0 aliphatic rings. The van der Waals surface area contributed by atoms with Crippen LogP contribution in [0.25, 0.3) is 0 Å². The first-order valence-electron chi connectivity index (χ1n) is 1.78. The Morgan fingerprint density at radius 3 is 2.50 bits per heavy atom. The van der Waals surface area contributed by atoms with Crippen LogP contribution in [0.5, 0.6) is 0 Å². The number of carbonyl (C=O) groups is 1. The molecule has 0 fully saturated rings. The molecule has 0 radical (unpaired) electrons. The van der Waals surface area contributed by atoms with Crippen molar-refractivity contribution in [1.82, 2.24) is 0 Å². The molecule has 0 bridgehead atoms. The predicted molar refractivity (Wildman–Crippen MR) is 36.6 cm³/mol. The smallest absolute Gasteiger partial charge is 0.309 e. The molecule has 0 heterocycles. The molecule has 0 spiro atoms. The van der Waals surface area contributed by atoms with Crippen molar-refractivity contribution in [2.45, 2.75) is 6.42 Å². The van der Waals surface area contributed by atoms with Gasteiger partial charge in [-0.2, -0.15) is 0 Å². The molecule has 0 aromatic heterocycles. The lowest BCUT2D eigenvalue weighted by atomic mass is 10.5. The van der Waals surface area contributed by atoms with Crippen molar-refractivity contribution < 1.29 is 9.90 Å². The number of hydrogen-bond donors (Lipinski definition) is 2. The lowest BCUT2D eigenvalue weighted by Gasteiger charge is -1.89. The van der Waals surface area contributed by atoms with E-state index < -0.39 is 5.97 Å². The Balaban J connectivity index is 3.40. The monoisotopic (exact) mass is 151 g/mol. The normalized spacial score (nSPS) is 8.62. The summed E-state index contributed by atoms with van der Waals surface area (Å²) < 4.78 is 0.303. The Bertz CT molecular complexity index is 114. The SMILES string of the molecule is NSC(=S)CC(=O)O. The third-order valence-electron chi connectivity index (χ3n) is 0.427. The molecule has 0 rings (SSSR count). The number of aliphatic carboxylic acids is 1. The zero-order valence-electron chi connectivity index (χ0n) is 3.96. The van der Waals surface area contributed by atoms with E-state index in [9.17, 15) is 4.79 Å². The van der Waals surface area contributed by atoms with Gasteiger partial charge in [0.15, 0.2) is 0 Å². The third-order valence-corrected chi connectivity index (χ3v) is 1.27. The zero-order chi connectivity index (χ0) is 6.57. The van der Waals surface area contributed by atoms with Gasteiger partial charge in [-0.3, -0.25) is 9.93 Å². The maximum Gasteiger partial charge on any atom is 0.309 e. The van der Waals surface area contributed by atoms with Crippen LogP contribution in [0, 0.1) is 0 Å². The molecule has 3 nitrogen and oxygen atoms in total. The number of nitrogens with two attached hydrogens (primary N) is 1. The minimum atomic E-state index is -0.937. The van der Waals surface area contributed by atoms with E-state index in [4.69, 9.17) is 10.2 Å². The second-order valence-electron chi connectivity index (χ2n) is 1.06. The van der Waals surface area contributed by atoms with E-state index in [1.807, 2.05) is 0 Å². The highest BCUT2D eigenvalue weighted by Gasteiger charge is 1.99. The molecule has 3 N–H and O–H groups in total. The number of rotatable bonds is 2. The molecule has 0 aliphatic heterocycles. The van der Waals surface area contributed by atoms with Crippen LogP contribution in [-0.2, 0) is 4.79 Å². The lowest BCUT2D eigenvalue weighted by molar-refractivity contribution is -0.135. The predicted octanol–water partition coefficient (Wildman–Crippen LogP) is 0.395. The first-order valence-corrected chi connectivity index (χ1v) is 3.07. The van der Waals surface area contributed by atoms with Gasteiger partial charge in [0.25, 0.3) is 0 Å². The van der Waals surface area contributed by atoms with Gasteiger partial charge in [-0.05, 0) is 11.9 Å². The highest BCUT2D eigenvalue weighted by molar-refractivity contribution is 8.21. The van der Waals surface area contributed by atoms with Crippen LogP contribution >= 0.6 is 24.2 Å². The van der Waals surface area contributed by atoms with Crippen molar-refractivity contribution >= 4 is 34.3 Å². The Morgan fingerprint density at radius 2 is 2.38 bits per heavy atom. The number of carboxylic acid groups (broad SMARTS) is 1. The van der Waals surface area contributed by atoms with Crippen molar-refractivity contribution in [1.29, 1.82) is 0 Å². The summed E-state index contributed by atoms with van der Waals surface area (Å²) >= 11 is 5.29. The van der Waals surface area contributed by atoms with Crippen LogP contribution in [0.1, 0.15) is 6.42 Å². The first-order chi connectivity index (χ1) is 3.66. The summed E-state index contributed by atoms with van der Waals surface area (Å²) in [5.41, 5.74) is 0. The summed E-state index contributed by atoms with van der Waals surface area (Å²) in [5, 5.41) is 13.0. The molecule has 0 aromatic rings. The fraction of sp³-hybridized carbons (Fsp3) is 0.333. The zero-order valence-corrected chi connectivity index (χ0v) is 5.59. The maximum atomic E-state index is 9.81. The Morgan fingerprint density at radius 1 is 1.88 bits per heavy atom. The van der Waals surface area contributed by atoms with Crippen LogP contribution in [0.2, 0.25) is 0 Å². The second kappa shape index (κ2) is 3.82. The van der Waals surface area contributed by atoms with Gasteiger partial charge in [-0.15, -0.1) is 0 Å². The highest BCUT2D eigenvalue weighted by atomic mass is 32.2. The lowest BCUT2D eigenvalue weighted by Crippen LogP contribution is -2.02. The van der Waals surface area contributed by atoms with Crippen LogP contribution < -0.4 is 5.14 Å². The summed E-state index contributed by atoms with van der Waals surface area (Å²) in [6.45, 7) is 0. The topological polar surface area (TPSA) is 63.3 Å². The maximum absolute atomic E-state index is 9.81. The average Bonchev–Trinajstić information content (AvgIpc) is 1.65. The van der Waals surface area contributed by atoms with Crippen molar-refractivity contribution in [2.24, 2.45) is 5.14 Å². The van der Waals surface area contributed by atoms with E-state index in [1.54, 1.807) is 0 Å². The first kappa shape index (κ1) is 7.87. The van der Waals surface area contributed by atoms with E-state index in [0.717, 1.165) is 11.9 Å². The van der Waals surface area contributed by atoms with Gasteiger partial charge in [0.1, 0.15) is 0 Å². The minimum Gasteiger partial charge on any atom is -0.481 e. The van der Waals surface area contributed by atoms with E-state index in [1.165, 1.54) is 0 Å². The van der Waals surface area contributed by atoms with Crippen molar-refractivity contribution in [2.75, 3.05) is 0 Å². The Kier molecular flexibility index (Phi) is 3.76. The van der Waals surface area contributed by atoms with E-state index in [-0.39, 0.29) is 6.42 Å². The number of thiocarbonyl (C=S) groups is 1. The molecule has 5 heteroatoms. The van der Waals surface area contributed by atoms with E-state index in [0.29, 0.717) is 4.20 Å². The largest absolute Gasteiger partial charge is 0.481 e. The molecule has 0 aliphatic carbocycles. The van der Waals surface area contributed by atoms with Crippen molar-refractivity contribution in [3.05, 3.63) is 0 Å². The van der Waals surface area contributed by atoms with Gasteiger partial charge in [0, 0.05) is 0 Å². The van der Waals surface area contributed by atoms with Gasteiger partial charge in [-0.25, -0.2) is 0 Å². The summed E-state index contributed by atoms with van der Waals surface area (Å²) in [7, 11) is 0. The van der Waals surface area contributed by atoms with Crippen LogP contribution in [-0.4, -0.2) is 15.3 Å². The summed E-state index contributed by atoms with van der Waals surface area (Å²) in [6, 6.07) is 0. The van der Waals surface area contributed by atoms with Gasteiger partial charge in [0.2, 0.25) is 0 Å². The molecule has 0 amide bonds. The second-order valence-corrected chi connectivity index (χ2v) is 2.54.